The summed E-state index contributed by atoms with van der Waals surface area (Å²) in [6.07, 6.45) is 1.95. The molecule has 1 aliphatic rings. The highest BCUT2D eigenvalue weighted by Crippen LogP contribution is 2.19. The lowest BCUT2D eigenvalue weighted by molar-refractivity contribution is 0.200. The molecular weight excluding hydrogens is 185 g/mol. The van der Waals surface area contributed by atoms with Gasteiger partial charge >= 0.3 is 0 Å². The van der Waals surface area contributed by atoms with Crippen molar-refractivity contribution in [1.82, 2.24) is 4.90 Å². The van der Waals surface area contributed by atoms with Crippen molar-refractivity contribution in [3.05, 3.63) is 23.3 Å². The second-order valence-electron chi connectivity index (χ2n) is 2.39. The van der Waals surface area contributed by atoms with Gasteiger partial charge in [-0.3, -0.25) is 4.55 Å². The number of halogens is 1. The van der Waals surface area contributed by atoms with E-state index in [1.165, 1.54) is 19.3 Å². The van der Waals surface area contributed by atoms with E-state index < -0.39 is 21.3 Å². The molecule has 0 saturated heterocycles. The fraction of sp³-hybridized carbons (Fsp3) is 0.333. The number of hydrogen-bond acceptors (Lipinski definition) is 3. The molecule has 6 heteroatoms. The van der Waals surface area contributed by atoms with E-state index in [1.54, 1.807) is 0 Å². The summed E-state index contributed by atoms with van der Waals surface area (Å²) < 4.78 is 42.6. The van der Waals surface area contributed by atoms with Crippen LogP contribution in [0.3, 0.4) is 0 Å². The van der Waals surface area contributed by atoms with Gasteiger partial charge in [0.15, 0.2) is 0 Å². The van der Waals surface area contributed by atoms with Gasteiger partial charge in [-0.15, -0.1) is 0 Å². The zero-order valence-corrected chi connectivity index (χ0v) is 7.12. The lowest BCUT2D eigenvalue weighted by Gasteiger charge is -2.22. The molecule has 1 atom stereocenters. The number of rotatable bonds is 1. The summed E-state index contributed by atoms with van der Waals surface area (Å²) >= 11 is 0. The Kier molecular flexibility index (Phi) is 2.20. The minimum Gasteiger partial charge on any atom is -0.347 e. The van der Waals surface area contributed by atoms with Crippen LogP contribution in [-0.4, -0.2) is 31.2 Å². The van der Waals surface area contributed by atoms with Crippen molar-refractivity contribution < 1.29 is 17.4 Å². The van der Waals surface area contributed by atoms with Crippen LogP contribution in [0, 0.1) is 0 Å². The van der Waals surface area contributed by atoms with E-state index in [-0.39, 0.29) is 0 Å². The molecule has 1 heterocycles. The Morgan fingerprint density at radius 1 is 1.67 bits per heavy atom. The maximum Gasteiger partial charge on any atom is 0.295 e. The Hall–Kier alpha value is -0.880. The standard InChI is InChI=1S/C6H8FNO3S/c1-8-4-2-3-5(6(8)7)12(9,10)11/h2-4,6H,1H3,(H,9,10,11). The first-order valence-electron chi connectivity index (χ1n) is 3.15. The summed E-state index contributed by atoms with van der Waals surface area (Å²) in [5.41, 5.74) is 0. The molecule has 0 aliphatic carbocycles. The van der Waals surface area contributed by atoms with Gasteiger partial charge in [-0.25, -0.2) is 4.39 Å². The van der Waals surface area contributed by atoms with Crippen LogP contribution >= 0.6 is 0 Å². The molecule has 68 valence electrons. The average Bonchev–Trinajstić information content (AvgIpc) is 1.92. The van der Waals surface area contributed by atoms with Gasteiger partial charge in [-0.2, -0.15) is 8.42 Å². The molecule has 0 aromatic carbocycles. The van der Waals surface area contributed by atoms with Crippen LogP contribution in [-0.2, 0) is 10.1 Å². The molecule has 0 aromatic rings. The zero-order valence-electron chi connectivity index (χ0n) is 6.31. The summed E-state index contributed by atoms with van der Waals surface area (Å²) in [6, 6.07) is 0. The van der Waals surface area contributed by atoms with E-state index in [2.05, 4.69) is 0 Å². The molecule has 0 fully saturated rings. The largest absolute Gasteiger partial charge is 0.347 e. The molecule has 1 unspecified atom stereocenters. The maximum atomic E-state index is 13.0. The third-order valence-corrected chi connectivity index (χ3v) is 2.40. The Labute approximate surface area is 69.7 Å². The molecule has 1 aliphatic heterocycles. The highest BCUT2D eigenvalue weighted by Gasteiger charge is 2.27. The minimum atomic E-state index is -4.41. The van der Waals surface area contributed by atoms with E-state index >= 15 is 0 Å². The molecule has 0 bridgehead atoms. The Bertz CT molecular complexity index is 333. The average molecular weight is 193 g/mol. The van der Waals surface area contributed by atoms with Gasteiger partial charge < -0.3 is 4.90 Å². The molecule has 4 nitrogen and oxygen atoms in total. The lowest BCUT2D eigenvalue weighted by atomic mass is 10.3. The van der Waals surface area contributed by atoms with E-state index in [1.807, 2.05) is 0 Å². The summed E-state index contributed by atoms with van der Waals surface area (Å²) in [5.74, 6) is 0. The predicted octanol–water partition coefficient (Wildman–Crippen LogP) is 0.513. The number of nitrogens with zero attached hydrogens (tertiary/aromatic N) is 1. The number of allylic oxidation sites excluding steroid dienone is 2. The Morgan fingerprint density at radius 2 is 2.25 bits per heavy atom. The van der Waals surface area contributed by atoms with E-state index in [9.17, 15) is 12.8 Å². The van der Waals surface area contributed by atoms with Gasteiger partial charge in [-0.1, -0.05) is 0 Å². The van der Waals surface area contributed by atoms with Gasteiger partial charge in [0, 0.05) is 13.2 Å². The highest BCUT2D eigenvalue weighted by molar-refractivity contribution is 7.89. The monoisotopic (exact) mass is 193 g/mol. The van der Waals surface area contributed by atoms with Crippen molar-refractivity contribution in [1.29, 1.82) is 0 Å². The van der Waals surface area contributed by atoms with E-state index in [0.717, 1.165) is 11.0 Å². The first kappa shape index (κ1) is 9.21. The molecule has 0 spiro atoms. The molecule has 1 rings (SSSR count). The maximum absolute atomic E-state index is 13.0. The van der Waals surface area contributed by atoms with Gasteiger partial charge in [0.2, 0.25) is 6.30 Å². The second-order valence-corrected chi connectivity index (χ2v) is 3.81. The lowest BCUT2D eigenvalue weighted by Crippen LogP contribution is -2.29. The van der Waals surface area contributed by atoms with Crippen LogP contribution in [0.25, 0.3) is 0 Å². The molecule has 0 radical (unpaired) electrons. The third-order valence-electron chi connectivity index (χ3n) is 1.47. The van der Waals surface area contributed by atoms with Gasteiger partial charge in [-0.05, 0) is 12.2 Å². The first-order chi connectivity index (χ1) is 5.43. The van der Waals surface area contributed by atoms with Crippen molar-refractivity contribution in [2.24, 2.45) is 0 Å². The zero-order chi connectivity index (χ0) is 9.35. The van der Waals surface area contributed by atoms with Crippen molar-refractivity contribution in [2.45, 2.75) is 6.30 Å². The number of alkyl halides is 1. The quantitative estimate of drug-likeness (QED) is 0.487. The molecule has 0 aromatic heterocycles. The van der Waals surface area contributed by atoms with Gasteiger partial charge in [0.05, 0.1) is 0 Å². The summed E-state index contributed by atoms with van der Waals surface area (Å²) in [4.78, 5) is 0.413. The fourth-order valence-electron chi connectivity index (χ4n) is 0.838. The van der Waals surface area contributed by atoms with E-state index in [4.69, 9.17) is 4.55 Å². The Balaban J connectivity index is 3.07. The molecule has 12 heavy (non-hydrogen) atoms. The predicted molar refractivity (Wildman–Crippen MR) is 41.4 cm³/mol. The van der Waals surface area contributed by atoms with Crippen LogP contribution in [0.1, 0.15) is 0 Å². The Morgan fingerprint density at radius 3 is 2.67 bits per heavy atom. The SMILES string of the molecule is CN1C=CC=C(S(=O)(=O)O)C1F. The second kappa shape index (κ2) is 2.87. The van der Waals surface area contributed by atoms with Crippen molar-refractivity contribution in [3.8, 4) is 0 Å². The molecule has 0 saturated carbocycles. The molecular formula is C6H8FNO3S. The molecule has 1 N–H and O–H groups in total. The van der Waals surface area contributed by atoms with Gasteiger partial charge in [0.25, 0.3) is 10.1 Å². The number of likely N-dealkylation sites (N-methyl/N-ethyl adjacent to an activating group) is 1. The van der Waals surface area contributed by atoms with Crippen LogP contribution in [0.2, 0.25) is 0 Å². The smallest absolute Gasteiger partial charge is 0.295 e. The fourth-order valence-corrected chi connectivity index (χ4v) is 1.50. The number of hydrogen-bond donors (Lipinski definition) is 1. The van der Waals surface area contributed by atoms with Crippen LogP contribution in [0.15, 0.2) is 23.3 Å². The highest BCUT2D eigenvalue weighted by atomic mass is 32.2. The van der Waals surface area contributed by atoms with Gasteiger partial charge in [0.1, 0.15) is 4.91 Å². The minimum absolute atomic E-state index is 0.632. The van der Waals surface area contributed by atoms with Crippen LogP contribution in [0.4, 0.5) is 4.39 Å². The third kappa shape index (κ3) is 1.64. The summed E-state index contributed by atoms with van der Waals surface area (Å²) in [5, 5.41) is 0. The van der Waals surface area contributed by atoms with Crippen LogP contribution < -0.4 is 0 Å². The first-order valence-corrected chi connectivity index (χ1v) is 4.59. The summed E-state index contributed by atoms with van der Waals surface area (Å²) in [6.45, 7) is 0. The van der Waals surface area contributed by atoms with E-state index in [0.29, 0.717) is 0 Å². The van der Waals surface area contributed by atoms with Crippen molar-refractivity contribution in [2.75, 3.05) is 7.05 Å². The normalized spacial score (nSPS) is 24.1. The van der Waals surface area contributed by atoms with Crippen molar-refractivity contribution in [3.63, 3.8) is 0 Å². The van der Waals surface area contributed by atoms with Crippen molar-refractivity contribution >= 4 is 10.1 Å². The molecule has 0 amide bonds. The summed E-state index contributed by atoms with van der Waals surface area (Å²) in [7, 11) is -3.04. The topological polar surface area (TPSA) is 57.6 Å². The van der Waals surface area contributed by atoms with Crippen LogP contribution in [0.5, 0.6) is 0 Å².